The molecular weight excluding hydrogens is 244 g/mol. The fourth-order valence-electron chi connectivity index (χ4n) is 2.76. The number of hydrogen-bond donors (Lipinski definition) is 1. The third kappa shape index (κ3) is 6.09. The molecule has 0 aliphatic carbocycles. The van der Waals surface area contributed by atoms with Crippen molar-refractivity contribution in [3.05, 3.63) is 34.9 Å². The van der Waals surface area contributed by atoms with Crippen LogP contribution in [0.25, 0.3) is 0 Å². The van der Waals surface area contributed by atoms with Crippen LogP contribution in [-0.2, 0) is 0 Å². The second kappa shape index (κ2) is 9.99. The van der Waals surface area contributed by atoms with Crippen LogP contribution < -0.4 is 0 Å². The van der Waals surface area contributed by atoms with Crippen LogP contribution in [0.15, 0.2) is 18.2 Å². The van der Waals surface area contributed by atoms with Crippen molar-refractivity contribution >= 4 is 0 Å². The van der Waals surface area contributed by atoms with Gasteiger partial charge in [0.15, 0.2) is 0 Å². The number of aliphatic hydroxyl groups is 1. The van der Waals surface area contributed by atoms with Gasteiger partial charge in [0.1, 0.15) is 0 Å². The number of rotatable bonds is 10. The lowest BCUT2D eigenvalue weighted by atomic mass is 9.95. The van der Waals surface area contributed by atoms with E-state index in [9.17, 15) is 5.11 Å². The first-order valence-electron chi connectivity index (χ1n) is 8.41. The summed E-state index contributed by atoms with van der Waals surface area (Å²) in [5, 5.41) is 10.3. The first kappa shape index (κ1) is 17.2. The highest BCUT2D eigenvalue weighted by Crippen LogP contribution is 2.25. The highest BCUT2D eigenvalue weighted by atomic mass is 16.3. The van der Waals surface area contributed by atoms with Crippen molar-refractivity contribution in [1.82, 2.24) is 0 Å². The van der Waals surface area contributed by atoms with Crippen LogP contribution in [0, 0.1) is 13.8 Å². The molecule has 1 aromatic rings. The molecule has 1 heteroatoms. The van der Waals surface area contributed by atoms with E-state index in [-0.39, 0.29) is 6.10 Å². The number of hydrogen-bond acceptors (Lipinski definition) is 1. The smallest absolute Gasteiger partial charge is 0.0792 e. The van der Waals surface area contributed by atoms with E-state index in [1.807, 2.05) is 0 Å². The Morgan fingerprint density at radius 1 is 0.900 bits per heavy atom. The Hall–Kier alpha value is -0.820. The molecule has 1 nitrogen and oxygen atoms in total. The van der Waals surface area contributed by atoms with Crippen LogP contribution in [0.1, 0.15) is 87.5 Å². The van der Waals surface area contributed by atoms with Gasteiger partial charge in [-0.05, 0) is 37.0 Å². The molecule has 1 atom stereocenters. The van der Waals surface area contributed by atoms with Gasteiger partial charge in [0, 0.05) is 0 Å². The van der Waals surface area contributed by atoms with Crippen molar-refractivity contribution in [3.8, 4) is 0 Å². The number of unbranched alkanes of at least 4 members (excludes halogenated alkanes) is 7. The van der Waals surface area contributed by atoms with E-state index in [2.05, 4.69) is 39.0 Å². The van der Waals surface area contributed by atoms with Gasteiger partial charge in [-0.2, -0.15) is 0 Å². The van der Waals surface area contributed by atoms with E-state index in [1.165, 1.54) is 56.1 Å². The lowest BCUT2D eigenvalue weighted by molar-refractivity contribution is 0.162. The SMILES string of the molecule is CCCCCCCCCCC(O)c1cccc(C)c1C. The molecule has 20 heavy (non-hydrogen) atoms. The maximum atomic E-state index is 10.3. The minimum absolute atomic E-state index is 0.282. The molecule has 1 N–H and O–H groups in total. The predicted molar refractivity (Wildman–Crippen MR) is 88.1 cm³/mol. The van der Waals surface area contributed by atoms with E-state index in [4.69, 9.17) is 0 Å². The second-order valence-electron chi connectivity index (χ2n) is 6.07. The Kier molecular flexibility index (Phi) is 8.60. The molecule has 1 aromatic carbocycles. The quantitative estimate of drug-likeness (QED) is 0.530. The van der Waals surface area contributed by atoms with Gasteiger partial charge in [-0.15, -0.1) is 0 Å². The van der Waals surface area contributed by atoms with E-state index >= 15 is 0 Å². The summed E-state index contributed by atoms with van der Waals surface area (Å²) in [6.45, 7) is 6.48. The third-order valence-corrected chi connectivity index (χ3v) is 4.34. The van der Waals surface area contributed by atoms with Crippen molar-refractivity contribution in [2.24, 2.45) is 0 Å². The number of aliphatic hydroxyl groups excluding tert-OH is 1. The summed E-state index contributed by atoms with van der Waals surface area (Å²) in [4.78, 5) is 0. The highest BCUT2D eigenvalue weighted by Gasteiger charge is 2.10. The minimum Gasteiger partial charge on any atom is -0.388 e. The zero-order valence-corrected chi connectivity index (χ0v) is 13.6. The molecule has 0 aliphatic rings. The molecule has 114 valence electrons. The third-order valence-electron chi connectivity index (χ3n) is 4.34. The van der Waals surface area contributed by atoms with E-state index in [1.54, 1.807) is 0 Å². The zero-order chi connectivity index (χ0) is 14.8. The Balaban J connectivity index is 2.17. The summed E-state index contributed by atoms with van der Waals surface area (Å²) in [5.41, 5.74) is 3.64. The summed E-state index contributed by atoms with van der Waals surface area (Å²) >= 11 is 0. The van der Waals surface area contributed by atoms with Gasteiger partial charge in [0.2, 0.25) is 0 Å². The molecule has 0 fully saturated rings. The summed E-state index contributed by atoms with van der Waals surface area (Å²) in [6, 6.07) is 6.23. The molecule has 0 radical (unpaired) electrons. The van der Waals surface area contributed by atoms with Crippen molar-refractivity contribution in [1.29, 1.82) is 0 Å². The summed E-state index contributed by atoms with van der Waals surface area (Å²) in [6.07, 6.45) is 11.2. The molecule has 0 saturated heterocycles. The largest absolute Gasteiger partial charge is 0.388 e. The molecule has 0 bridgehead atoms. The van der Waals surface area contributed by atoms with Gasteiger partial charge in [-0.3, -0.25) is 0 Å². The van der Waals surface area contributed by atoms with Gasteiger partial charge >= 0.3 is 0 Å². The van der Waals surface area contributed by atoms with Crippen LogP contribution in [0.2, 0.25) is 0 Å². The molecule has 0 aliphatic heterocycles. The topological polar surface area (TPSA) is 20.2 Å². The monoisotopic (exact) mass is 276 g/mol. The molecule has 0 saturated carbocycles. The standard InChI is InChI=1S/C19H32O/c1-4-5-6-7-8-9-10-11-15-19(20)18-14-12-13-16(2)17(18)3/h12-14,19-20H,4-11,15H2,1-3H3. The van der Waals surface area contributed by atoms with Crippen LogP contribution >= 0.6 is 0 Å². The molecule has 0 aromatic heterocycles. The van der Waals surface area contributed by atoms with Gasteiger partial charge in [0.05, 0.1) is 6.10 Å². The van der Waals surface area contributed by atoms with Crippen LogP contribution in [0.5, 0.6) is 0 Å². The number of benzene rings is 1. The van der Waals surface area contributed by atoms with E-state index in [0.717, 1.165) is 18.4 Å². The first-order valence-corrected chi connectivity index (χ1v) is 8.41. The maximum absolute atomic E-state index is 10.3. The maximum Gasteiger partial charge on any atom is 0.0792 e. The van der Waals surface area contributed by atoms with Crippen LogP contribution in [0.4, 0.5) is 0 Å². The van der Waals surface area contributed by atoms with Gasteiger partial charge < -0.3 is 5.11 Å². The zero-order valence-electron chi connectivity index (χ0n) is 13.6. The second-order valence-corrected chi connectivity index (χ2v) is 6.07. The molecule has 0 spiro atoms. The fraction of sp³-hybridized carbons (Fsp3) is 0.684. The van der Waals surface area contributed by atoms with Gasteiger partial charge in [-0.25, -0.2) is 0 Å². The summed E-state index contributed by atoms with van der Waals surface area (Å²) < 4.78 is 0. The highest BCUT2D eigenvalue weighted by molar-refractivity contribution is 5.34. The van der Waals surface area contributed by atoms with E-state index < -0.39 is 0 Å². The Bertz CT molecular complexity index is 370. The lowest BCUT2D eigenvalue weighted by Crippen LogP contribution is -2.01. The average molecular weight is 276 g/mol. The number of aryl methyl sites for hydroxylation is 1. The summed E-state index contributed by atoms with van der Waals surface area (Å²) in [7, 11) is 0. The normalized spacial score (nSPS) is 12.6. The predicted octanol–water partition coefficient (Wildman–Crippen LogP) is 5.87. The summed E-state index contributed by atoms with van der Waals surface area (Å²) in [5.74, 6) is 0. The van der Waals surface area contributed by atoms with E-state index in [0.29, 0.717) is 0 Å². The minimum atomic E-state index is -0.282. The van der Waals surface area contributed by atoms with Crippen molar-refractivity contribution in [2.45, 2.75) is 84.7 Å². The Morgan fingerprint density at radius 2 is 1.50 bits per heavy atom. The van der Waals surface area contributed by atoms with Gasteiger partial charge in [0.25, 0.3) is 0 Å². The molecule has 1 rings (SSSR count). The van der Waals surface area contributed by atoms with Crippen molar-refractivity contribution < 1.29 is 5.11 Å². The lowest BCUT2D eigenvalue weighted by Gasteiger charge is -2.15. The van der Waals surface area contributed by atoms with Crippen LogP contribution in [-0.4, -0.2) is 5.11 Å². The molecule has 0 amide bonds. The fourth-order valence-corrected chi connectivity index (χ4v) is 2.76. The Morgan fingerprint density at radius 3 is 2.15 bits per heavy atom. The van der Waals surface area contributed by atoms with Crippen LogP contribution in [0.3, 0.4) is 0 Å². The first-order chi connectivity index (χ1) is 9.66. The van der Waals surface area contributed by atoms with Gasteiger partial charge in [-0.1, -0.05) is 76.5 Å². The Labute approximate surface area is 125 Å². The van der Waals surface area contributed by atoms with Crippen molar-refractivity contribution in [3.63, 3.8) is 0 Å². The average Bonchev–Trinajstić information content (AvgIpc) is 2.44. The molecule has 0 heterocycles. The van der Waals surface area contributed by atoms with Crippen molar-refractivity contribution in [2.75, 3.05) is 0 Å². The molecule has 1 unspecified atom stereocenters. The molecular formula is C19H32O.